The van der Waals surface area contributed by atoms with E-state index in [1.54, 1.807) is 11.8 Å². The average molecular weight is 481 g/mol. The quantitative estimate of drug-likeness (QED) is 0.277. The van der Waals surface area contributed by atoms with Gasteiger partial charge in [-0.2, -0.15) is 5.10 Å². The van der Waals surface area contributed by atoms with Crippen molar-refractivity contribution in [3.8, 4) is 11.3 Å². The predicted octanol–water partition coefficient (Wildman–Crippen LogP) is 6.03. The Morgan fingerprint density at radius 3 is 2.66 bits per heavy atom. The number of hydrogen-bond acceptors (Lipinski definition) is 6. The summed E-state index contributed by atoms with van der Waals surface area (Å²) in [6.45, 7) is 5.39. The zero-order valence-electron chi connectivity index (χ0n) is 20.0. The molecule has 1 aliphatic rings. The number of hydrogen-bond donors (Lipinski definition) is 2. The SMILES string of the molecule is CSc1ccc(Nc2cc3c(-c4ccc5c(cnn5CCC5CNC5)c4C)nccc3cn2)cc1. The number of thioether (sulfide) groups is 1. The second kappa shape index (κ2) is 9.32. The van der Waals surface area contributed by atoms with Crippen molar-refractivity contribution in [2.24, 2.45) is 5.92 Å². The Kier molecular flexibility index (Phi) is 5.88. The third-order valence-electron chi connectivity index (χ3n) is 6.98. The number of benzene rings is 2. The molecular weight excluding hydrogens is 452 g/mol. The molecule has 3 aromatic heterocycles. The smallest absolute Gasteiger partial charge is 0.130 e. The maximum atomic E-state index is 4.81. The second-order valence-corrected chi connectivity index (χ2v) is 10.0. The molecule has 2 N–H and O–H groups in total. The molecule has 6 rings (SSSR count). The number of rotatable bonds is 7. The Hall–Kier alpha value is -3.42. The normalized spacial score (nSPS) is 13.9. The van der Waals surface area contributed by atoms with Crippen molar-refractivity contribution in [2.75, 3.05) is 24.7 Å². The summed E-state index contributed by atoms with van der Waals surface area (Å²) in [6, 6.07) is 16.9. The summed E-state index contributed by atoms with van der Waals surface area (Å²) in [7, 11) is 0. The zero-order valence-corrected chi connectivity index (χ0v) is 20.8. The summed E-state index contributed by atoms with van der Waals surface area (Å²) in [5.74, 6) is 1.58. The van der Waals surface area contributed by atoms with Crippen LogP contribution in [0.25, 0.3) is 32.9 Å². The van der Waals surface area contributed by atoms with Gasteiger partial charge in [-0.3, -0.25) is 9.67 Å². The molecule has 0 radical (unpaired) electrons. The van der Waals surface area contributed by atoms with E-state index in [-0.39, 0.29) is 0 Å². The Morgan fingerprint density at radius 2 is 1.89 bits per heavy atom. The summed E-state index contributed by atoms with van der Waals surface area (Å²) in [6.07, 6.45) is 9.04. The zero-order chi connectivity index (χ0) is 23.8. The van der Waals surface area contributed by atoms with E-state index in [0.29, 0.717) is 0 Å². The van der Waals surface area contributed by atoms with Gasteiger partial charge in [-0.25, -0.2) is 4.98 Å². The minimum Gasteiger partial charge on any atom is -0.340 e. The lowest BCUT2D eigenvalue weighted by Crippen LogP contribution is -2.42. The van der Waals surface area contributed by atoms with Gasteiger partial charge in [0.05, 0.1) is 17.4 Å². The fourth-order valence-electron chi connectivity index (χ4n) is 4.75. The molecule has 5 aromatic rings. The van der Waals surface area contributed by atoms with Gasteiger partial charge in [0.1, 0.15) is 5.82 Å². The molecule has 6 nitrogen and oxygen atoms in total. The molecule has 176 valence electrons. The molecule has 0 aliphatic carbocycles. The van der Waals surface area contributed by atoms with Crippen LogP contribution in [0.1, 0.15) is 12.0 Å². The maximum absolute atomic E-state index is 4.81. The highest BCUT2D eigenvalue weighted by Crippen LogP contribution is 2.34. The molecule has 1 aliphatic heterocycles. The highest BCUT2D eigenvalue weighted by molar-refractivity contribution is 7.98. The van der Waals surface area contributed by atoms with Crippen molar-refractivity contribution in [2.45, 2.75) is 24.8 Å². The molecule has 0 bridgehead atoms. The molecule has 1 saturated heterocycles. The summed E-state index contributed by atoms with van der Waals surface area (Å²) < 4.78 is 2.15. The summed E-state index contributed by atoms with van der Waals surface area (Å²) in [5.41, 5.74) is 5.52. The number of nitrogens with one attached hydrogen (secondary N) is 2. The lowest BCUT2D eigenvalue weighted by atomic mass is 9.98. The van der Waals surface area contributed by atoms with E-state index in [0.717, 1.165) is 65.5 Å². The van der Waals surface area contributed by atoms with Gasteiger partial charge >= 0.3 is 0 Å². The van der Waals surface area contributed by atoms with Gasteiger partial charge in [0.15, 0.2) is 0 Å². The van der Waals surface area contributed by atoms with Crippen molar-refractivity contribution in [3.63, 3.8) is 0 Å². The fraction of sp³-hybridized carbons (Fsp3) is 0.250. The maximum Gasteiger partial charge on any atom is 0.130 e. The molecule has 0 unspecified atom stereocenters. The second-order valence-electron chi connectivity index (χ2n) is 9.16. The number of nitrogens with zero attached hydrogens (tertiary/aromatic N) is 4. The Balaban J connectivity index is 1.35. The third-order valence-corrected chi connectivity index (χ3v) is 7.72. The van der Waals surface area contributed by atoms with Crippen LogP contribution in [-0.2, 0) is 6.54 Å². The summed E-state index contributed by atoms with van der Waals surface area (Å²) >= 11 is 1.74. The Bertz CT molecular complexity index is 1500. The molecule has 4 heterocycles. The largest absolute Gasteiger partial charge is 0.340 e. The first-order valence-corrected chi connectivity index (χ1v) is 13.2. The van der Waals surface area contributed by atoms with E-state index >= 15 is 0 Å². The van der Waals surface area contributed by atoms with Crippen LogP contribution in [0.3, 0.4) is 0 Å². The van der Waals surface area contributed by atoms with E-state index in [4.69, 9.17) is 10.1 Å². The van der Waals surface area contributed by atoms with Gasteiger partial charge in [0.2, 0.25) is 0 Å². The molecule has 1 fully saturated rings. The van der Waals surface area contributed by atoms with Gasteiger partial charge in [-0.15, -0.1) is 11.8 Å². The topological polar surface area (TPSA) is 67.7 Å². The molecule has 0 spiro atoms. The highest BCUT2D eigenvalue weighted by atomic mass is 32.2. The lowest BCUT2D eigenvalue weighted by molar-refractivity contribution is 0.308. The molecule has 35 heavy (non-hydrogen) atoms. The minimum absolute atomic E-state index is 0.773. The van der Waals surface area contributed by atoms with Crippen LogP contribution in [-0.4, -0.2) is 39.1 Å². The Labute approximate surface area is 209 Å². The van der Waals surface area contributed by atoms with Crippen LogP contribution in [0, 0.1) is 12.8 Å². The van der Waals surface area contributed by atoms with Crippen molar-refractivity contribution < 1.29 is 0 Å². The van der Waals surface area contributed by atoms with Gasteiger partial charge in [-0.05, 0) is 86.6 Å². The monoisotopic (exact) mass is 480 g/mol. The first-order chi connectivity index (χ1) is 17.2. The number of aromatic nitrogens is 4. The third kappa shape index (κ3) is 4.26. The van der Waals surface area contributed by atoms with Crippen molar-refractivity contribution in [1.29, 1.82) is 0 Å². The fourth-order valence-corrected chi connectivity index (χ4v) is 5.16. The molecular formula is C28H28N6S. The standard InChI is InChI=1S/C28H28N6S/c1-18-23(7-8-26-25(18)17-32-34(26)12-10-19-14-29-15-19)28-24-13-27(31-16-20(24)9-11-30-28)33-21-3-5-22(35-2)6-4-21/h3-9,11,13,16-17,19,29H,10,12,14-15H2,1-2H3,(H,31,33). The number of pyridine rings is 2. The van der Waals surface area contributed by atoms with E-state index < -0.39 is 0 Å². The van der Waals surface area contributed by atoms with Crippen LogP contribution < -0.4 is 10.6 Å². The van der Waals surface area contributed by atoms with Gasteiger partial charge in [-0.1, -0.05) is 6.07 Å². The summed E-state index contributed by atoms with van der Waals surface area (Å²) in [5, 5.41) is 14.8. The van der Waals surface area contributed by atoms with Crippen molar-refractivity contribution >= 4 is 44.9 Å². The number of fused-ring (bicyclic) bond motifs is 2. The number of aryl methyl sites for hydroxylation is 2. The van der Waals surface area contributed by atoms with E-state index in [2.05, 4.69) is 75.9 Å². The molecule has 0 amide bonds. The van der Waals surface area contributed by atoms with Gasteiger partial charge in [0, 0.05) is 51.2 Å². The van der Waals surface area contributed by atoms with Crippen molar-refractivity contribution in [1.82, 2.24) is 25.1 Å². The predicted molar refractivity (Wildman–Crippen MR) is 145 cm³/mol. The van der Waals surface area contributed by atoms with E-state index in [1.807, 2.05) is 24.7 Å². The first kappa shape index (κ1) is 22.1. The van der Waals surface area contributed by atoms with Crippen LogP contribution in [0.2, 0.25) is 0 Å². The minimum atomic E-state index is 0.773. The van der Waals surface area contributed by atoms with Crippen LogP contribution in [0.4, 0.5) is 11.5 Å². The molecule has 0 saturated carbocycles. The number of anilines is 2. The highest BCUT2D eigenvalue weighted by Gasteiger charge is 2.18. The molecule has 2 aromatic carbocycles. The lowest BCUT2D eigenvalue weighted by Gasteiger charge is -2.26. The van der Waals surface area contributed by atoms with E-state index in [1.165, 1.54) is 21.4 Å². The first-order valence-electron chi connectivity index (χ1n) is 12.0. The van der Waals surface area contributed by atoms with Crippen molar-refractivity contribution in [3.05, 3.63) is 72.7 Å². The van der Waals surface area contributed by atoms with Crippen LogP contribution >= 0.6 is 11.8 Å². The molecule has 7 heteroatoms. The van der Waals surface area contributed by atoms with E-state index in [9.17, 15) is 0 Å². The van der Waals surface area contributed by atoms with Crippen LogP contribution in [0.15, 0.2) is 72.0 Å². The average Bonchev–Trinajstić information content (AvgIpc) is 3.27. The summed E-state index contributed by atoms with van der Waals surface area (Å²) in [4.78, 5) is 10.7. The van der Waals surface area contributed by atoms with Gasteiger partial charge in [0.25, 0.3) is 0 Å². The van der Waals surface area contributed by atoms with Crippen LogP contribution in [0.5, 0.6) is 0 Å². The molecule has 0 atom stereocenters. The Morgan fingerprint density at radius 1 is 1.03 bits per heavy atom. The van der Waals surface area contributed by atoms with Gasteiger partial charge < -0.3 is 10.6 Å².